The molecule has 2 nitrogen and oxygen atoms in total. The molecular formula is C13H21NOS. The smallest absolute Gasteiger partial charge is 0.0558 e. The van der Waals surface area contributed by atoms with Crippen molar-refractivity contribution in [2.45, 2.75) is 13.5 Å². The summed E-state index contributed by atoms with van der Waals surface area (Å²) in [6, 6.07) is 10.4. The number of aliphatic hydroxyl groups excluding tert-OH is 1. The molecule has 0 bridgehead atoms. The molecule has 90 valence electrons. The third-order valence-corrected chi connectivity index (χ3v) is 3.30. The van der Waals surface area contributed by atoms with Crippen molar-refractivity contribution in [1.82, 2.24) is 4.90 Å². The van der Waals surface area contributed by atoms with Crippen molar-refractivity contribution in [2.24, 2.45) is 0 Å². The van der Waals surface area contributed by atoms with Crippen molar-refractivity contribution in [3.8, 4) is 0 Å². The Labute approximate surface area is 103 Å². The maximum atomic E-state index is 9.02. The van der Waals surface area contributed by atoms with Gasteiger partial charge in [0.1, 0.15) is 0 Å². The third kappa shape index (κ3) is 5.54. The average Bonchev–Trinajstić information content (AvgIpc) is 2.31. The topological polar surface area (TPSA) is 23.5 Å². The molecule has 0 unspecified atom stereocenters. The molecule has 1 aromatic carbocycles. The van der Waals surface area contributed by atoms with E-state index in [9.17, 15) is 0 Å². The Morgan fingerprint density at radius 3 is 2.56 bits per heavy atom. The lowest BCUT2D eigenvalue weighted by atomic mass is 10.2. The molecule has 0 aliphatic rings. The molecule has 1 aromatic rings. The van der Waals surface area contributed by atoms with Crippen molar-refractivity contribution in [3.05, 3.63) is 35.9 Å². The summed E-state index contributed by atoms with van der Waals surface area (Å²) in [4.78, 5) is 2.30. The van der Waals surface area contributed by atoms with Gasteiger partial charge in [0.2, 0.25) is 0 Å². The van der Waals surface area contributed by atoms with Gasteiger partial charge in [0.05, 0.1) is 6.61 Å². The van der Waals surface area contributed by atoms with E-state index in [0.29, 0.717) is 0 Å². The van der Waals surface area contributed by atoms with Gasteiger partial charge in [-0.25, -0.2) is 0 Å². The number of rotatable bonds is 8. The Morgan fingerprint density at radius 2 is 1.94 bits per heavy atom. The van der Waals surface area contributed by atoms with Crippen LogP contribution >= 0.6 is 11.8 Å². The summed E-state index contributed by atoms with van der Waals surface area (Å²) in [5.41, 5.74) is 1.32. The number of hydrogen-bond acceptors (Lipinski definition) is 3. The van der Waals surface area contributed by atoms with E-state index in [1.807, 2.05) is 17.8 Å². The standard InChI is InChI=1S/C13H21NOS/c1-2-16-11-9-14(8-10-15)12-13-6-4-3-5-7-13/h3-7,15H,2,8-12H2,1H3. The Kier molecular flexibility index (Phi) is 7.30. The second-order valence-corrected chi connectivity index (χ2v) is 5.08. The maximum Gasteiger partial charge on any atom is 0.0558 e. The van der Waals surface area contributed by atoms with Gasteiger partial charge >= 0.3 is 0 Å². The number of thioether (sulfide) groups is 1. The van der Waals surface area contributed by atoms with Crippen molar-refractivity contribution < 1.29 is 5.11 Å². The lowest BCUT2D eigenvalue weighted by Gasteiger charge is -2.21. The van der Waals surface area contributed by atoms with Gasteiger partial charge in [0, 0.05) is 25.4 Å². The van der Waals surface area contributed by atoms with E-state index in [1.165, 1.54) is 5.56 Å². The van der Waals surface area contributed by atoms with E-state index >= 15 is 0 Å². The molecule has 0 aliphatic heterocycles. The second kappa shape index (κ2) is 8.62. The first kappa shape index (κ1) is 13.6. The van der Waals surface area contributed by atoms with Gasteiger partial charge in [-0.3, -0.25) is 4.90 Å². The fourth-order valence-electron chi connectivity index (χ4n) is 1.59. The van der Waals surface area contributed by atoms with Gasteiger partial charge in [0.15, 0.2) is 0 Å². The van der Waals surface area contributed by atoms with Gasteiger partial charge in [-0.05, 0) is 11.3 Å². The van der Waals surface area contributed by atoms with Crippen molar-refractivity contribution in [3.63, 3.8) is 0 Å². The first-order chi connectivity index (χ1) is 7.86. The Hall–Kier alpha value is -0.510. The van der Waals surface area contributed by atoms with Crippen LogP contribution in [0.4, 0.5) is 0 Å². The number of hydrogen-bond donors (Lipinski definition) is 1. The number of aliphatic hydroxyl groups is 1. The highest BCUT2D eigenvalue weighted by molar-refractivity contribution is 7.99. The zero-order chi connectivity index (χ0) is 11.6. The molecule has 0 aliphatic carbocycles. The van der Waals surface area contributed by atoms with Crippen molar-refractivity contribution in [1.29, 1.82) is 0 Å². The van der Waals surface area contributed by atoms with Crippen molar-refractivity contribution in [2.75, 3.05) is 31.2 Å². The van der Waals surface area contributed by atoms with Crippen LogP contribution in [0.15, 0.2) is 30.3 Å². The summed E-state index contributed by atoms with van der Waals surface area (Å²) in [6.45, 7) is 5.17. The first-order valence-electron chi connectivity index (χ1n) is 5.81. The quantitative estimate of drug-likeness (QED) is 0.704. The summed E-state index contributed by atoms with van der Waals surface area (Å²) in [5.74, 6) is 2.31. The van der Waals surface area contributed by atoms with E-state index in [4.69, 9.17) is 5.11 Å². The summed E-state index contributed by atoms with van der Waals surface area (Å²) in [6.07, 6.45) is 0. The molecule has 1 N–H and O–H groups in total. The van der Waals surface area contributed by atoms with E-state index in [2.05, 4.69) is 36.1 Å². The largest absolute Gasteiger partial charge is 0.395 e. The first-order valence-corrected chi connectivity index (χ1v) is 6.97. The summed E-state index contributed by atoms with van der Waals surface area (Å²) < 4.78 is 0. The molecule has 0 atom stereocenters. The van der Waals surface area contributed by atoms with Crippen LogP contribution in [0.25, 0.3) is 0 Å². The van der Waals surface area contributed by atoms with E-state index < -0.39 is 0 Å². The molecule has 16 heavy (non-hydrogen) atoms. The molecule has 0 fully saturated rings. The van der Waals surface area contributed by atoms with Gasteiger partial charge in [-0.15, -0.1) is 0 Å². The second-order valence-electron chi connectivity index (χ2n) is 3.68. The lowest BCUT2D eigenvalue weighted by Crippen LogP contribution is -2.28. The fraction of sp³-hybridized carbons (Fsp3) is 0.538. The zero-order valence-corrected chi connectivity index (χ0v) is 10.7. The molecule has 1 rings (SSSR count). The van der Waals surface area contributed by atoms with Gasteiger partial charge in [-0.1, -0.05) is 37.3 Å². The zero-order valence-electron chi connectivity index (χ0n) is 9.93. The van der Waals surface area contributed by atoms with Crippen LogP contribution in [-0.4, -0.2) is 41.2 Å². The SMILES string of the molecule is CCSCCN(CCO)Cc1ccccc1. The van der Waals surface area contributed by atoms with Crippen LogP contribution in [0.5, 0.6) is 0 Å². The Balaban J connectivity index is 2.38. The van der Waals surface area contributed by atoms with E-state index in [-0.39, 0.29) is 6.61 Å². The summed E-state index contributed by atoms with van der Waals surface area (Å²) in [7, 11) is 0. The predicted molar refractivity (Wildman–Crippen MR) is 71.8 cm³/mol. The number of benzene rings is 1. The highest BCUT2D eigenvalue weighted by Gasteiger charge is 2.04. The summed E-state index contributed by atoms with van der Waals surface area (Å²) in [5, 5.41) is 9.02. The monoisotopic (exact) mass is 239 g/mol. The Morgan fingerprint density at radius 1 is 1.19 bits per heavy atom. The predicted octanol–water partition coefficient (Wildman–Crippen LogP) is 2.23. The molecule has 0 saturated heterocycles. The van der Waals surface area contributed by atoms with Crippen LogP contribution in [-0.2, 0) is 6.54 Å². The van der Waals surface area contributed by atoms with Crippen LogP contribution < -0.4 is 0 Å². The normalized spacial score (nSPS) is 10.9. The minimum Gasteiger partial charge on any atom is -0.395 e. The van der Waals surface area contributed by atoms with Gasteiger partial charge < -0.3 is 5.11 Å². The molecule has 0 heterocycles. The minimum atomic E-state index is 0.240. The van der Waals surface area contributed by atoms with Crippen LogP contribution in [0.2, 0.25) is 0 Å². The fourth-order valence-corrected chi connectivity index (χ4v) is 2.27. The van der Waals surface area contributed by atoms with Crippen LogP contribution in [0, 0.1) is 0 Å². The van der Waals surface area contributed by atoms with Gasteiger partial charge in [0.25, 0.3) is 0 Å². The lowest BCUT2D eigenvalue weighted by molar-refractivity contribution is 0.198. The molecule has 0 spiro atoms. The molecule has 0 radical (unpaired) electrons. The van der Waals surface area contributed by atoms with E-state index in [1.54, 1.807) is 0 Å². The molecular weight excluding hydrogens is 218 g/mol. The van der Waals surface area contributed by atoms with Gasteiger partial charge in [-0.2, -0.15) is 11.8 Å². The molecule has 0 aromatic heterocycles. The molecule has 0 amide bonds. The van der Waals surface area contributed by atoms with Crippen LogP contribution in [0.3, 0.4) is 0 Å². The summed E-state index contributed by atoms with van der Waals surface area (Å²) >= 11 is 1.95. The molecule has 3 heteroatoms. The maximum absolute atomic E-state index is 9.02. The third-order valence-electron chi connectivity index (χ3n) is 2.42. The highest BCUT2D eigenvalue weighted by atomic mass is 32.2. The number of nitrogens with zero attached hydrogens (tertiary/aromatic N) is 1. The minimum absolute atomic E-state index is 0.240. The van der Waals surface area contributed by atoms with E-state index in [0.717, 1.165) is 31.1 Å². The van der Waals surface area contributed by atoms with Crippen LogP contribution in [0.1, 0.15) is 12.5 Å². The highest BCUT2D eigenvalue weighted by Crippen LogP contribution is 2.06. The van der Waals surface area contributed by atoms with Crippen molar-refractivity contribution >= 4 is 11.8 Å². The Bertz CT molecular complexity index is 266. The average molecular weight is 239 g/mol. The molecule has 0 saturated carbocycles.